The first-order valence-corrected chi connectivity index (χ1v) is 9.16. The fourth-order valence-corrected chi connectivity index (χ4v) is 3.83. The van der Waals surface area contributed by atoms with E-state index in [-0.39, 0.29) is 0 Å². The molecule has 27 heavy (non-hydrogen) atoms. The molecule has 1 N–H and O–H groups in total. The summed E-state index contributed by atoms with van der Waals surface area (Å²) in [7, 11) is 3.04. The minimum atomic E-state index is -0.416. The van der Waals surface area contributed by atoms with Gasteiger partial charge in [-0.1, -0.05) is 11.3 Å². The molecule has 8 nitrogen and oxygen atoms in total. The number of anilines is 2. The van der Waals surface area contributed by atoms with Crippen LogP contribution in [0.2, 0.25) is 0 Å². The molecule has 3 heterocycles. The molecular weight excluding hydrogens is 366 g/mol. The lowest BCUT2D eigenvalue weighted by Crippen LogP contribution is -2.37. The Morgan fingerprint density at radius 3 is 2.78 bits per heavy atom. The molecule has 9 heteroatoms. The highest BCUT2D eigenvalue weighted by atomic mass is 32.1. The second-order valence-electron chi connectivity index (χ2n) is 5.97. The van der Waals surface area contributed by atoms with E-state index in [4.69, 9.17) is 4.74 Å². The molecule has 0 saturated heterocycles. The van der Waals surface area contributed by atoms with Gasteiger partial charge in [0.15, 0.2) is 10.8 Å². The number of nitrogens with one attached hydrogen (secondary N) is 1. The van der Waals surface area contributed by atoms with Gasteiger partial charge in [-0.05, 0) is 31.2 Å². The third kappa shape index (κ3) is 2.85. The van der Waals surface area contributed by atoms with Gasteiger partial charge in [0, 0.05) is 20.3 Å². The van der Waals surface area contributed by atoms with Crippen LogP contribution in [0.15, 0.2) is 40.1 Å². The summed E-state index contributed by atoms with van der Waals surface area (Å²) in [6, 6.07) is 7.42. The average molecular weight is 383 g/mol. The predicted octanol–water partition coefficient (Wildman–Crippen LogP) is 2.38. The van der Waals surface area contributed by atoms with E-state index in [2.05, 4.69) is 15.3 Å². The standard InChI is InChI=1S/C18H17N5O3S/c1-4-26-10-5-6-11-13(9-10)27-17(20-11)21-12-7-8-19-15-14(12)16(24)23(3)18(25)22(15)2/h5-9H,4H2,1-3H3,(H,19,20,21). The summed E-state index contributed by atoms with van der Waals surface area (Å²) in [5.74, 6) is 0.790. The number of thiazole rings is 1. The molecule has 0 saturated carbocycles. The van der Waals surface area contributed by atoms with Gasteiger partial charge in [0.2, 0.25) is 0 Å². The van der Waals surface area contributed by atoms with Crippen molar-refractivity contribution in [1.82, 2.24) is 19.1 Å². The summed E-state index contributed by atoms with van der Waals surface area (Å²) in [5, 5.41) is 4.19. The molecule has 138 valence electrons. The molecule has 0 radical (unpaired) electrons. The summed E-state index contributed by atoms with van der Waals surface area (Å²) in [6.07, 6.45) is 1.56. The van der Waals surface area contributed by atoms with Crippen LogP contribution >= 0.6 is 11.3 Å². The lowest BCUT2D eigenvalue weighted by Gasteiger charge is -2.10. The van der Waals surface area contributed by atoms with Crippen LogP contribution in [0.1, 0.15) is 6.92 Å². The van der Waals surface area contributed by atoms with E-state index in [0.717, 1.165) is 20.5 Å². The summed E-state index contributed by atoms with van der Waals surface area (Å²) in [4.78, 5) is 33.5. The zero-order chi connectivity index (χ0) is 19.1. The van der Waals surface area contributed by atoms with E-state index in [0.29, 0.717) is 28.5 Å². The van der Waals surface area contributed by atoms with Gasteiger partial charge < -0.3 is 10.1 Å². The molecule has 4 rings (SSSR count). The van der Waals surface area contributed by atoms with E-state index in [1.165, 1.54) is 23.0 Å². The topological polar surface area (TPSA) is 91.0 Å². The molecule has 0 aliphatic heterocycles. The number of rotatable bonds is 4. The smallest absolute Gasteiger partial charge is 0.332 e. The van der Waals surface area contributed by atoms with Crippen LogP contribution in [0.5, 0.6) is 5.75 Å². The Bertz CT molecular complexity index is 1290. The van der Waals surface area contributed by atoms with E-state index in [1.807, 2.05) is 25.1 Å². The highest BCUT2D eigenvalue weighted by molar-refractivity contribution is 7.22. The normalized spacial score (nSPS) is 11.2. The summed E-state index contributed by atoms with van der Waals surface area (Å²) in [5.41, 5.74) is 0.904. The first-order valence-electron chi connectivity index (χ1n) is 8.34. The minimum Gasteiger partial charge on any atom is -0.494 e. The van der Waals surface area contributed by atoms with Gasteiger partial charge in [-0.15, -0.1) is 0 Å². The van der Waals surface area contributed by atoms with Crippen molar-refractivity contribution in [2.45, 2.75) is 6.92 Å². The number of hydrogen-bond donors (Lipinski definition) is 1. The van der Waals surface area contributed by atoms with E-state index < -0.39 is 11.2 Å². The molecule has 4 aromatic rings. The molecule has 3 aromatic heterocycles. The van der Waals surface area contributed by atoms with Crippen molar-refractivity contribution in [3.05, 3.63) is 51.3 Å². The molecule has 0 aliphatic carbocycles. The quantitative estimate of drug-likeness (QED) is 0.582. The first kappa shape index (κ1) is 17.2. The van der Waals surface area contributed by atoms with Crippen LogP contribution in [-0.2, 0) is 14.1 Å². The van der Waals surface area contributed by atoms with Gasteiger partial charge in [-0.2, -0.15) is 0 Å². The van der Waals surface area contributed by atoms with Gasteiger partial charge in [0.05, 0.1) is 22.5 Å². The number of nitrogens with zero attached hydrogens (tertiary/aromatic N) is 4. The third-order valence-corrected chi connectivity index (χ3v) is 5.19. The van der Waals surface area contributed by atoms with Crippen LogP contribution in [0.25, 0.3) is 21.3 Å². The van der Waals surface area contributed by atoms with E-state index in [9.17, 15) is 9.59 Å². The molecular formula is C18H17N5O3S. The molecule has 0 amide bonds. The van der Waals surface area contributed by atoms with Crippen molar-refractivity contribution in [3.8, 4) is 5.75 Å². The van der Waals surface area contributed by atoms with Crippen LogP contribution in [0, 0.1) is 0 Å². The van der Waals surface area contributed by atoms with Crippen molar-refractivity contribution >= 4 is 43.4 Å². The maximum atomic E-state index is 12.6. The van der Waals surface area contributed by atoms with Gasteiger partial charge in [0.25, 0.3) is 5.56 Å². The Hall–Kier alpha value is -3.20. The Morgan fingerprint density at radius 1 is 1.19 bits per heavy atom. The van der Waals surface area contributed by atoms with Crippen LogP contribution in [0.3, 0.4) is 0 Å². The zero-order valence-corrected chi connectivity index (χ0v) is 15.8. The molecule has 0 bridgehead atoms. The van der Waals surface area contributed by atoms with E-state index >= 15 is 0 Å². The largest absolute Gasteiger partial charge is 0.494 e. The van der Waals surface area contributed by atoms with Crippen LogP contribution in [-0.4, -0.2) is 25.7 Å². The van der Waals surface area contributed by atoms with Crippen molar-refractivity contribution < 1.29 is 4.74 Å². The maximum Gasteiger partial charge on any atom is 0.332 e. The summed E-state index contributed by atoms with van der Waals surface area (Å²) >= 11 is 1.46. The highest BCUT2D eigenvalue weighted by Crippen LogP contribution is 2.32. The van der Waals surface area contributed by atoms with Crippen molar-refractivity contribution in [3.63, 3.8) is 0 Å². The monoisotopic (exact) mass is 383 g/mol. The third-order valence-electron chi connectivity index (χ3n) is 4.25. The predicted molar refractivity (Wildman–Crippen MR) is 106 cm³/mol. The summed E-state index contributed by atoms with van der Waals surface area (Å²) in [6.45, 7) is 2.53. The van der Waals surface area contributed by atoms with Gasteiger partial charge in [-0.25, -0.2) is 14.8 Å². The number of fused-ring (bicyclic) bond motifs is 2. The highest BCUT2D eigenvalue weighted by Gasteiger charge is 2.15. The SMILES string of the molecule is CCOc1ccc2nc(Nc3ccnc4c3c(=O)n(C)c(=O)n4C)sc2c1. The van der Waals surface area contributed by atoms with Gasteiger partial charge in [0.1, 0.15) is 11.1 Å². The maximum absolute atomic E-state index is 12.6. The number of benzene rings is 1. The minimum absolute atomic E-state index is 0.327. The van der Waals surface area contributed by atoms with Gasteiger partial charge in [-0.3, -0.25) is 13.9 Å². The Balaban J connectivity index is 1.83. The number of pyridine rings is 1. The first-order chi connectivity index (χ1) is 13.0. The average Bonchev–Trinajstić information content (AvgIpc) is 3.06. The molecule has 1 aromatic carbocycles. The zero-order valence-electron chi connectivity index (χ0n) is 15.0. The lowest BCUT2D eigenvalue weighted by atomic mass is 10.2. The number of aryl methyl sites for hydroxylation is 1. The molecule has 0 fully saturated rings. The molecule has 0 aliphatic rings. The summed E-state index contributed by atoms with van der Waals surface area (Å²) < 4.78 is 8.93. The molecule has 0 atom stereocenters. The van der Waals surface area contributed by atoms with Crippen molar-refractivity contribution in [2.24, 2.45) is 14.1 Å². The second kappa shape index (κ2) is 6.51. The van der Waals surface area contributed by atoms with Crippen LogP contribution in [0.4, 0.5) is 10.8 Å². The van der Waals surface area contributed by atoms with E-state index in [1.54, 1.807) is 19.3 Å². The number of aromatic nitrogens is 4. The number of hydrogen-bond acceptors (Lipinski definition) is 7. The molecule has 0 spiro atoms. The van der Waals surface area contributed by atoms with Crippen LogP contribution < -0.4 is 21.3 Å². The van der Waals surface area contributed by atoms with Crippen molar-refractivity contribution in [1.29, 1.82) is 0 Å². The Morgan fingerprint density at radius 2 is 2.00 bits per heavy atom. The van der Waals surface area contributed by atoms with Crippen molar-refractivity contribution in [2.75, 3.05) is 11.9 Å². The second-order valence-corrected chi connectivity index (χ2v) is 7.00. The Kier molecular flexibility index (Phi) is 4.15. The number of ether oxygens (including phenoxy) is 1. The Labute approximate surface area is 157 Å². The molecule has 0 unspecified atom stereocenters. The van der Waals surface area contributed by atoms with Gasteiger partial charge >= 0.3 is 5.69 Å². The lowest BCUT2D eigenvalue weighted by molar-refractivity contribution is 0.341. The fourth-order valence-electron chi connectivity index (χ4n) is 2.92. The fraction of sp³-hybridized carbons (Fsp3) is 0.222.